The molecule has 0 aliphatic carbocycles. The Hall–Kier alpha value is -2.80. The van der Waals surface area contributed by atoms with E-state index in [0.717, 1.165) is 16.9 Å². The Morgan fingerprint density at radius 1 is 1.08 bits per heavy atom. The summed E-state index contributed by atoms with van der Waals surface area (Å²) in [6.45, 7) is 2.03. The summed E-state index contributed by atoms with van der Waals surface area (Å²) < 4.78 is 13.4. The molecule has 0 saturated carbocycles. The Labute approximate surface area is 153 Å². The summed E-state index contributed by atoms with van der Waals surface area (Å²) >= 11 is 5.82. The second-order valence-electron chi connectivity index (χ2n) is 6.07. The largest absolute Gasteiger partial charge is 0.271 e. The topological polar surface area (TPSA) is 65.3 Å². The van der Waals surface area contributed by atoms with Gasteiger partial charge in [0.2, 0.25) is 0 Å². The van der Waals surface area contributed by atoms with Crippen LogP contribution in [0.4, 0.5) is 15.8 Å². The molecule has 4 rings (SSSR count). The lowest BCUT2D eigenvalue weighted by molar-refractivity contribution is -0.121. The highest BCUT2D eigenvalue weighted by Gasteiger charge is 2.55. The van der Waals surface area contributed by atoms with Crippen LogP contribution in [0.5, 0.6) is 0 Å². The third kappa shape index (κ3) is 2.47. The molecule has 2 aromatic rings. The summed E-state index contributed by atoms with van der Waals surface area (Å²) in [4.78, 5) is 26.7. The molecule has 1 fully saturated rings. The van der Waals surface area contributed by atoms with Crippen LogP contribution >= 0.6 is 11.6 Å². The van der Waals surface area contributed by atoms with E-state index in [0.29, 0.717) is 11.4 Å². The van der Waals surface area contributed by atoms with Gasteiger partial charge in [-0.1, -0.05) is 35.9 Å². The van der Waals surface area contributed by atoms with Gasteiger partial charge in [-0.05, 0) is 42.3 Å². The average molecular weight is 373 g/mol. The van der Waals surface area contributed by atoms with Crippen molar-refractivity contribution in [3.8, 4) is 0 Å². The standard InChI is InChI=1S/C18H14ClFN4O2/c1-2-10-3-5-11(6-4-10)23-17(25)15-16(18(23)26)24(22-21-15)12-7-8-14(20)13(19)9-12/h3-9,15-16H,2H2,1H3/t15-,16-/m0/s1. The van der Waals surface area contributed by atoms with Gasteiger partial charge < -0.3 is 0 Å². The van der Waals surface area contributed by atoms with E-state index in [4.69, 9.17) is 11.6 Å². The van der Waals surface area contributed by atoms with E-state index >= 15 is 0 Å². The first-order valence-corrected chi connectivity index (χ1v) is 8.51. The highest BCUT2D eigenvalue weighted by atomic mass is 35.5. The summed E-state index contributed by atoms with van der Waals surface area (Å²) in [5.74, 6) is -1.42. The molecule has 132 valence electrons. The summed E-state index contributed by atoms with van der Waals surface area (Å²) in [7, 11) is 0. The molecule has 0 spiro atoms. The fraction of sp³-hybridized carbons (Fsp3) is 0.222. The number of hydrogen-bond donors (Lipinski definition) is 0. The number of fused-ring (bicyclic) bond motifs is 1. The third-order valence-corrected chi connectivity index (χ3v) is 4.84. The summed E-state index contributed by atoms with van der Waals surface area (Å²) in [5, 5.41) is 9.10. The van der Waals surface area contributed by atoms with E-state index in [1.165, 1.54) is 23.2 Å². The molecule has 26 heavy (non-hydrogen) atoms. The van der Waals surface area contributed by atoms with E-state index in [1.807, 2.05) is 19.1 Å². The van der Waals surface area contributed by atoms with Crippen molar-refractivity contribution in [3.63, 3.8) is 0 Å². The molecular weight excluding hydrogens is 359 g/mol. The number of anilines is 2. The van der Waals surface area contributed by atoms with Crippen LogP contribution in [-0.4, -0.2) is 23.9 Å². The molecule has 6 nitrogen and oxygen atoms in total. The quantitative estimate of drug-likeness (QED) is 0.774. The lowest BCUT2D eigenvalue weighted by atomic mass is 10.1. The number of aryl methyl sites for hydroxylation is 1. The second-order valence-corrected chi connectivity index (χ2v) is 6.48. The fourth-order valence-electron chi connectivity index (χ4n) is 3.14. The van der Waals surface area contributed by atoms with E-state index in [9.17, 15) is 14.0 Å². The molecule has 0 radical (unpaired) electrons. The maximum atomic E-state index is 13.4. The van der Waals surface area contributed by atoms with Gasteiger partial charge in [0.15, 0.2) is 12.1 Å². The predicted molar refractivity (Wildman–Crippen MR) is 94.6 cm³/mol. The molecule has 2 atom stereocenters. The van der Waals surface area contributed by atoms with Gasteiger partial charge in [-0.3, -0.25) is 9.59 Å². The van der Waals surface area contributed by atoms with Crippen molar-refractivity contribution in [2.75, 3.05) is 9.91 Å². The Kier molecular flexibility index (Phi) is 3.96. The van der Waals surface area contributed by atoms with Gasteiger partial charge in [0, 0.05) is 0 Å². The van der Waals surface area contributed by atoms with Crippen molar-refractivity contribution in [1.82, 2.24) is 0 Å². The molecule has 2 aliphatic rings. The summed E-state index contributed by atoms with van der Waals surface area (Å²) in [6.07, 6.45) is 0.862. The zero-order valence-corrected chi connectivity index (χ0v) is 14.5. The van der Waals surface area contributed by atoms with Gasteiger partial charge in [0.05, 0.1) is 16.4 Å². The number of halogens is 2. The number of imide groups is 1. The number of amides is 2. The number of carbonyl (C=O) groups excluding carboxylic acids is 2. The molecule has 1 saturated heterocycles. The second kappa shape index (κ2) is 6.17. The predicted octanol–water partition coefficient (Wildman–Crippen LogP) is 3.54. The molecule has 2 aromatic carbocycles. The van der Waals surface area contributed by atoms with Crippen LogP contribution in [0, 0.1) is 5.82 Å². The fourth-order valence-corrected chi connectivity index (χ4v) is 3.31. The van der Waals surface area contributed by atoms with Gasteiger partial charge in [-0.2, -0.15) is 5.11 Å². The Bertz CT molecular complexity index is 931. The third-order valence-electron chi connectivity index (χ3n) is 4.55. The van der Waals surface area contributed by atoms with Crippen LogP contribution in [0.15, 0.2) is 52.8 Å². The number of rotatable bonds is 3. The highest BCUT2D eigenvalue weighted by Crippen LogP contribution is 2.36. The monoisotopic (exact) mass is 372 g/mol. The Morgan fingerprint density at radius 2 is 1.77 bits per heavy atom. The molecule has 0 aromatic heterocycles. The minimum atomic E-state index is -0.919. The summed E-state index contributed by atoms with van der Waals surface area (Å²) in [5.41, 5.74) is 2.01. The molecule has 0 bridgehead atoms. The van der Waals surface area contributed by atoms with Crippen LogP contribution in [-0.2, 0) is 16.0 Å². The van der Waals surface area contributed by atoms with Crippen LogP contribution < -0.4 is 9.91 Å². The molecular formula is C18H14ClFN4O2. The minimum Gasteiger partial charge on any atom is -0.271 e. The normalized spacial score (nSPS) is 21.7. The van der Waals surface area contributed by atoms with Gasteiger partial charge in [0.25, 0.3) is 11.8 Å². The number of nitrogens with zero attached hydrogens (tertiary/aromatic N) is 4. The van der Waals surface area contributed by atoms with Crippen molar-refractivity contribution in [2.45, 2.75) is 25.4 Å². The van der Waals surface area contributed by atoms with Gasteiger partial charge >= 0.3 is 0 Å². The van der Waals surface area contributed by atoms with Crippen LogP contribution in [0.1, 0.15) is 12.5 Å². The lowest BCUT2D eigenvalue weighted by Gasteiger charge is -2.21. The van der Waals surface area contributed by atoms with E-state index in [-0.39, 0.29) is 5.02 Å². The van der Waals surface area contributed by atoms with Crippen molar-refractivity contribution >= 4 is 34.8 Å². The molecule has 8 heteroatoms. The maximum absolute atomic E-state index is 13.4. The Balaban J connectivity index is 1.67. The lowest BCUT2D eigenvalue weighted by Crippen LogP contribution is -2.39. The minimum absolute atomic E-state index is 0.0927. The van der Waals surface area contributed by atoms with Gasteiger partial charge in [-0.15, -0.1) is 0 Å². The first-order valence-electron chi connectivity index (χ1n) is 8.13. The molecule has 2 heterocycles. The number of benzene rings is 2. The SMILES string of the molecule is CCc1ccc(N2C(=O)[C@H]3N=NN(c4ccc(F)c(Cl)c4)[C@@H]3C2=O)cc1. The summed E-state index contributed by atoms with van der Waals surface area (Å²) in [6, 6.07) is 9.41. The van der Waals surface area contributed by atoms with E-state index < -0.39 is 29.7 Å². The van der Waals surface area contributed by atoms with E-state index in [2.05, 4.69) is 10.3 Å². The first kappa shape index (κ1) is 16.7. The number of hydrogen-bond acceptors (Lipinski definition) is 5. The zero-order chi connectivity index (χ0) is 18.4. The molecule has 0 unspecified atom stereocenters. The van der Waals surface area contributed by atoms with Crippen LogP contribution in [0.25, 0.3) is 0 Å². The van der Waals surface area contributed by atoms with Crippen LogP contribution in [0.3, 0.4) is 0 Å². The van der Waals surface area contributed by atoms with Crippen molar-refractivity contribution < 1.29 is 14.0 Å². The number of carbonyl (C=O) groups is 2. The highest BCUT2D eigenvalue weighted by molar-refractivity contribution is 6.31. The Morgan fingerprint density at radius 3 is 2.42 bits per heavy atom. The van der Waals surface area contributed by atoms with Gasteiger partial charge in [0.1, 0.15) is 5.82 Å². The first-order chi connectivity index (χ1) is 12.5. The van der Waals surface area contributed by atoms with E-state index in [1.54, 1.807) is 12.1 Å². The smallest absolute Gasteiger partial charge is 0.263 e. The molecule has 2 aliphatic heterocycles. The average Bonchev–Trinajstić information content (AvgIpc) is 3.18. The molecule has 0 N–H and O–H groups in total. The van der Waals surface area contributed by atoms with Crippen molar-refractivity contribution in [3.05, 3.63) is 58.9 Å². The van der Waals surface area contributed by atoms with Crippen molar-refractivity contribution in [2.24, 2.45) is 10.3 Å². The molecule has 2 amide bonds. The van der Waals surface area contributed by atoms with Gasteiger partial charge in [-0.25, -0.2) is 14.3 Å². The zero-order valence-electron chi connectivity index (χ0n) is 13.8. The maximum Gasteiger partial charge on any atom is 0.263 e. The van der Waals surface area contributed by atoms with Crippen molar-refractivity contribution in [1.29, 1.82) is 0 Å². The van der Waals surface area contributed by atoms with Crippen LogP contribution in [0.2, 0.25) is 5.02 Å².